The lowest BCUT2D eigenvalue weighted by molar-refractivity contribution is 0.0193. The summed E-state index contributed by atoms with van der Waals surface area (Å²) in [4.78, 5) is 0. The minimum absolute atomic E-state index is 0.127. The third kappa shape index (κ3) is 4.27. The van der Waals surface area contributed by atoms with E-state index in [0.29, 0.717) is 24.5 Å². The zero-order valence-corrected chi connectivity index (χ0v) is 24.3. The van der Waals surface area contributed by atoms with Gasteiger partial charge in [0.15, 0.2) is 17.6 Å². The molecule has 4 aromatic carbocycles. The number of aliphatic hydroxyl groups excluding tert-OH is 1. The molecule has 0 aromatic heterocycles. The van der Waals surface area contributed by atoms with E-state index in [1.165, 1.54) is 5.56 Å². The third-order valence-electron chi connectivity index (χ3n) is 9.42. The lowest BCUT2D eigenvalue weighted by Gasteiger charge is -2.38. The molecule has 42 heavy (non-hydrogen) atoms. The minimum atomic E-state index is -0.764. The molecule has 2 aliphatic heterocycles. The lowest BCUT2D eigenvalue weighted by atomic mass is 9.71. The Morgan fingerprint density at radius 3 is 2.57 bits per heavy atom. The van der Waals surface area contributed by atoms with Crippen LogP contribution < -0.4 is 14.2 Å². The number of benzene rings is 4. The van der Waals surface area contributed by atoms with E-state index >= 15 is 0 Å². The predicted octanol–water partition coefficient (Wildman–Crippen LogP) is 7.51. The van der Waals surface area contributed by atoms with Gasteiger partial charge in [0.05, 0.1) is 19.8 Å². The molecule has 7 rings (SSSR count). The molecule has 0 saturated heterocycles. The van der Waals surface area contributed by atoms with Gasteiger partial charge in [0.1, 0.15) is 17.2 Å². The van der Waals surface area contributed by atoms with Crippen molar-refractivity contribution in [3.63, 3.8) is 0 Å². The maximum atomic E-state index is 11.7. The van der Waals surface area contributed by atoms with Gasteiger partial charge >= 0.3 is 0 Å². The van der Waals surface area contributed by atoms with Crippen LogP contribution in [0, 0.1) is 0 Å². The Morgan fingerprint density at radius 2 is 1.76 bits per heavy atom. The van der Waals surface area contributed by atoms with Gasteiger partial charge in [-0.2, -0.15) is 0 Å². The molecule has 0 bridgehead atoms. The molecule has 6 nitrogen and oxygen atoms in total. The second-order valence-corrected chi connectivity index (χ2v) is 12.0. The zero-order valence-electron chi connectivity index (χ0n) is 24.3. The van der Waals surface area contributed by atoms with Gasteiger partial charge in [-0.3, -0.25) is 0 Å². The van der Waals surface area contributed by atoms with Crippen molar-refractivity contribution < 1.29 is 29.5 Å². The number of methoxy groups -OCH3 is 1. The second-order valence-electron chi connectivity index (χ2n) is 12.0. The summed E-state index contributed by atoms with van der Waals surface area (Å²) in [5.41, 5.74) is 7.32. The first kappa shape index (κ1) is 27.0. The van der Waals surface area contributed by atoms with E-state index in [1.54, 1.807) is 13.2 Å². The number of phenolic OH excluding ortho intramolecular Hbond substituents is 2. The summed E-state index contributed by atoms with van der Waals surface area (Å²) >= 11 is 0. The molecule has 0 radical (unpaired) electrons. The maximum Gasteiger partial charge on any atom is 0.164 e. The average Bonchev–Trinajstić information content (AvgIpc) is 3.01. The van der Waals surface area contributed by atoms with Crippen LogP contribution in [0.1, 0.15) is 78.9 Å². The number of unbranched alkanes of at least 4 members (excludes halogenated alkanes) is 2. The fourth-order valence-electron chi connectivity index (χ4n) is 7.54. The van der Waals surface area contributed by atoms with Gasteiger partial charge in [0, 0.05) is 40.1 Å². The van der Waals surface area contributed by atoms with E-state index in [4.69, 9.17) is 14.2 Å². The fourth-order valence-corrected chi connectivity index (χ4v) is 7.54. The van der Waals surface area contributed by atoms with E-state index in [0.717, 1.165) is 101 Å². The number of hydrogen-bond donors (Lipinski definition) is 3. The number of phenols is 2. The van der Waals surface area contributed by atoms with E-state index in [-0.39, 0.29) is 11.7 Å². The van der Waals surface area contributed by atoms with Crippen molar-refractivity contribution in [2.45, 2.75) is 76.4 Å². The van der Waals surface area contributed by atoms with Crippen molar-refractivity contribution in [3.05, 3.63) is 76.3 Å². The van der Waals surface area contributed by atoms with Gasteiger partial charge in [0.25, 0.3) is 0 Å². The summed E-state index contributed by atoms with van der Waals surface area (Å²) in [6.07, 6.45) is 5.96. The normalized spacial score (nSPS) is 20.5. The highest BCUT2D eigenvalue weighted by molar-refractivity contribution is 6.04. The van der Waals surface area contributed by atoms with Crippen molar-refractivity contribution in [2.75, 3.05) is 13.7 Å². The Balaban J connectivity index is 1.41. The molecule has 0 amide bonds. The average molecular weight is 567 g/mol. The van der Waals surface area contributed by atoms with Gasteiger partial charge in [-0.1, -0.05) is 56.5 Å². The first-order valence-electron chi connectivity index (χ1n) is 15.3. The summed E-state index contributed by atoms with van der Waals surface area (Å²) in [6.45, 7) is 2.79. The summed E-state index contributed by atoms with van der Waals surface area (Å²) in [7, 11) is 1.70. The van der Waals surface area contributed by atoms with Crippen molar-refractivity contribution >= 4 is 10.8 Å². The Kier molecular flexibility index (Phi) is 6.89. The molecule has 0 saturated carbocycles. The van der Waals surface area contributed by atoms with Crippen LogP contribution in [0.4, 0.5) is 0 Å². The fraction of sp³-hybridized carbons (Fsp3) is 0.389. The molecule has 0 spiro atoms. The van der Waals surface area contributed by atoms with E-state index in [1.807, 2.05) is 36.4 Å². The van der Waals surface area contributed by atoms with E-state index in [9.17, 15) is 15.3 Å². The lowest BCUT2D eigenvalue weighted by Crippen LogP contribution is -2.33. The van der Waals surface area contributed by atoms with Crippen molar-refractivity contribution in [2.24, 2.45) is 0 Å². The van der Waals surface area contributed by atoms with Crippen LogP contribution in [0.25, 0.3) is 21.9 Å². The van der Waals surface area contributed by atoms with Gasteiger partial charge in [0.2, 0.25) is 0 Å². The summed E-state index contributed by atoms with van der Waals surface area (Å²) in [6, 6.07) is 15.4. The third-order valence-corrected chi connectivity index (χ3v) is 9.42. The molecular formula is C36H38O6. The van der Waals surface area contributed by atoms with Crippen LogP contribution in [-0.2, 0) is 19.3 Å². The Hall–Kier alpha value is -3.90. The Bertz CT molecular complexity index is 1670. The number of aromatic hydroxyl groups is 2. The van der Waals surface area contributed by atoms with Gasteiger partial charge in [-0.05, 0) is 65.8 Å². The monoisotopic (exact) mass is 566 g/mol. The van der Waals surface area contributed by atoms with Crippen molar-refractivity contribution in [1.29, 1.82) is 0 Å². The molecule has 1 aliphatic carbocycles. The summed E-state index contributed by atoms with van der Waals surface area (Å²) in [5.74, 6) is 2.64. The first-order chi connectivity index (χ1) is 20.5. The molecule has 218 valence electrons. The first-order valence-corrected chi connectivity index (χ1v) is 15.3. The number of aliphatic hydroxyl groups is 1. The van der Waals surface area contributed by atoms with Gasteiger partial charge in [-0.25, -0.2) is 0 Å². The molecule has 4 aromatic rings. The molecule has 0 unspecified atom stereocenters. The highest BCUT2D eigenvalue weighted by Gasteiger charge is 2.39. The minimum Gasteiger partial charge on any atom is -0.507 e. The number of hydrogen-bond acceptors (Lipinski definition) is 6. The quantitative estimate of drug-likeness (QED) is 0.209. The Labute approximate surface area is 246 Å². The second kappa shape index (κ2) is 10.7. The van der Waals surface area contributed by atoms with Crippen LogP contribution >= 0.6 is 0 Å². The molecular weight excluding hydrogens is 528 g/mol. The van der Waals surface area contributed by atoms with E-state index in [2.05, 4.69) is 13.0 Å². The zero-order chi connectivity index (χ0) is 29.0. The summed E-state index contributed by atoms with van der Waals surface area (Å²) < 4.78 is 18.6. The van der Waals surface area contributed by atoms with Crippen LogP contribution in [0.3, 0.4) is 0 Å². The van der Waals surface area contributed by atoms with Crippen molar-refractivity contribution in [3.8, 4) is 39.9 Å². The van der Waals surface area contributed by atoms with Crippen LogP contribution in [-0.4, -0.2) is 35.1 Å². The number of fused-ring (bicyclic) bond motifs is 8. The number of rotatable bonds is 6. The molecule has 6 heteroatoms. The van der Waals surface area contributed by atoms with Crippen LogP contribution in [0.15, 0.2) is 48.5 Å². The largest absolute Gasteiger partial charge is 0.507 e. The molecule has 3 aliphatic rings. The van der Waals surface area contributed by atoms with Crippen molar-refractivity contribution in [1.82, 2.24) is 0 Å². The number of ether oxygens (including phenoxy) is 3. The topological polar surface area (TPSA) is 88.4 Å². The molecule has 0 fully saturated rings. The van der Waals surface area contributed by atoms with E-state index < -0.39 is 12.2 Å². The highest BCUT2D eigenvalue weighted by Crippen LogP contribution is 2.55. The molecule has 2 heterocycles. The SMILES string of the molecule is CCCCC[C@@H]1Cc2cc(O)c3ccccc3c2-c2c(OC)cc3c(c21)C[C@@H](O)[C@H](c1ccc(O)c2c1CCCO2)O3. The van der Waals surface area contributed by atoms with Crippen LogP contribution in [0.5, 0.6) is 28.7 Å². The molecule has 3 N–H and O–H groups in total. The Morgan fingerprint density at radius 1 is 0.929 bits per heavy atom. The molecule has 3 atom stereocenters. The van der Waals surface area contributed by atoms with Gasteiger partial charge in [-0.15, -0.1) is 0 Å². The highest BCUT2D eigenvalue weighted by atomic mass is 16.5. The standard InChI is InChI=1S/C36H38O6/c1-3-4-5-9-20-16-21-17-28(38)22-10-6-7-11-23(22)33(21)34-31(40-2)19-30-26(32(20)34)18-29(39)36(42-30)25-13-14-27(37)35-24(25)12-8-15-41-35/h6-7,10-11,13-14,17,19-20,29,36-39H,3-5,8-9,12,15-16,18H2,1-2H3/t20-,29-,36+/m1/s1. The smallest absolute Gasteiger partial charge is 0.164 e. The van der Waals surface area contributed by atoms with Crippen LogP contribution in [0.2, 0.25) is 0 Å². The van der Waals surface area contributed by atoms with Gasteiger partial charge < -0.3 is 29.5 Å². The maximum absolute atomic E-state index is 11.7. The summed E-state index contributed by atoms with van der Waals surface area (Å²) in [5, 5.41) is 34.9. The predicted molar refractivity (Wildman–Crippen MR) is 163 cm³/mol.